The highest BCUT2D eigenvalue weighted by molar-refractivity contribution is 8.76. The first kappa shape index (κ1) is 11.1. The van der Waals surface area contributed by atoms with E-state index in [1.165, 1.54) is 21.6 Å². The Hall–Kier alpha value is 0.130. The fourth-order valence-corrected chi connectivity index (χ4v) is 1.79. The lowest BCUT2D eigenvalue weighted by atomic mass is 10.5. The number of hydrogen-bond acceptors (Lipinski definition) is 4. The molecule has 0 aliphatic carbocycles. The van der Waals surface area contributed by atoms with Crippen LogP contribution in [0.4, 0.5) is 0 Å². The molecular weight excluding hydrogens is 184 g/mol. The summed E-state index contributed by atoms with van der Waals surface area (Å²) >= 11 is 0. The number of ether oxygens (including phenoxy) is 1. The van der Waals surface area contributed by atoms with Crippen LogP contribution in [0.25, 0.3) is 0 Å². The first-order chi connectivity index (χ1) is 5.13. The van der Waals surface area contributed by atoms with Crippen molar-refractivity contribution in [2.75, 3.05) is 11.7 Å². The highest BCUT2D eigenvalue weighted by Gasteiger charge is 1.97. The van der Waals surface area contributed by atoms with Crippen molar-refractivity contribution >= 4 is 27.6 Å². The molecule has 11 heavy (non-hydrogen) atoms. The molecule has 0 amide bonds. The lowest BCUT2D eigenvalue weighted by molar-refractivity contribution is -0.133. The van der Waals surface area contributed by atoms with Crippen molar-refractivity contribution in [3.63, 3.8) is 0 Å². The van der Waals surface area contributed by atoms with Gasteiger partial charge in [-0.05, 0) is 13.8 Å². The van der Waals surface area contributed by atoms with Gasteiger partial charge in [0.2, 0.25) is 0 Å². The number of aliphatic carboxylic acids is 1. The summed E-state index contributed by atoms with van der Waals surface area (Å²) in [5, 5.41) is 8.25. The molecule has 0 rings (SSSR count). The second kappa shape index (κ2) is 6.82. The minimum absolute atomic E-state index is 0.131. The molecule has 0 fully saturated rings. The molecule has 5 heteroatoms. The van der Waals surface area contributed by atoms with Gasteiger partial charge >= 0.3 is 5.97 Å². The zero-order valence-electron chi connectivity index (χ0n) is 6.57. The van der Waals surface area contributed by atoms with Gasteiger partial charge in [0.25, 0.3) is 0 Å². The molecule has 0 aromatic heterocycles. The molecular formula is C6H12O3S2. The Morgan fingerprint density at radius 2 is 2.18 bits per heavy atom. The Kier molecular flexibility index (Phi) is 6.90. The molecule has 1 N–H and O–H groups in total. The third-order valence-corrected chi connectivity index (χ3v) is 2.62. The topological polar surface area (TPSA) is 46.5 Å². The minimum Gasteiger partial charge on any atom is -0.481 e. The van der Waals surface area contributed by atoms with E-state index in [1.54, 1.807) is 0 Å². The van der Waals surface area contributed by atoms with E-state index < -0.39 is 5.97 Å². The van der Waals surface area contributed by atoms with Gasteiger partial charge in [-0.2, -0.15) is 0 Å². The summed E-state index contributed by atoms with van der Waals surface area (Å²) in [5.74, 6) is -0.103. The lowest BCUT2D eigenvalue weighted by Crippen LogP contribution is -2.01. The summed E-state index contributed by atoms with van der Waals surface area (Å²) in [6.45, 7) is 3.89. The lowest BCUT2D eigenvalue weighted by Gasteiger charge is -2.04. The summed E-state index contributed by atoms with van der Waals surface area (Å²) in [5.41, 5.74) is 0. The second-order valence-electron chi connectivity index (χ2n) is 2.11. The fourth-order valence-electron chi connectivity index (χ4n) is 0.290. The van der Waals surface area contributed by atoms with Gasteiger partial charge < -0.3 is 9.84 Å². The third kappa shape index (κ3) is 10.1. The fraction of sp³-hybridized carbons (Fsp3) is 0.833. The van der Waals surface area contributed by atoms with E-state index in [0.29, 0.717) is 5.94 Å². The SMILES string of the molecule is CC(C)OCSSCC(=O)O. The van der Waals surface area contributed by atoms with Crippen LogP contribution in [0, 0.1) is 0 Å². The predicted octanol–water partition coefficient (Wildman–Crippen LogP) is 1.83. The smallest absolute Gasteiger partial charge is 0.314 e. The maximum absolute atomic E-state index is 10.0. The van der Waals surface area contributed by atoms with Crippen molar-refractivity contribution in [2.24, 2.45) is 0 Å². The molecule has 0 saturated heterocycles. The highest BCUT2D eigenvalue weighted by atomic mass is 33.1. The minimum atomic E-state index is -0.785. The molecule has 3 nitrogen and oxygen atoms in total. The molecule has 0 aliphatic heterocycles. The molecule has 0 bridgehead atoms. The van der Waals surface area contributed by atoms with Gasteiger partial charge in [-0.3, -0.25) is 4.79 Å². The van der Waals surface area contributed by atoms with E-state index in [9.17, 15) is 4.79 Å². The molecule has 0 heterocycles. The van der Waals surface area contributed by atoms with Crippen LogP contribution in [0.5, 0.6) is 0 Å². The van der Waals surface area contributed by atoms with Gasteiger partial charge in [0.15, 0.2) is 0 Å². The Morgan fingerprint density at radius 3 is 2.64 bits per heavy atom. The van der Waals surface area contributed by atoms with Crippen molar-refractivity contribution in [2.45, 2.75) is 20.0 Å². The summed E-state index contributed by atoms with van der Waals surface area (Å²) in [4.78, 5) is 10.0. The van der Waals surface area contributed by atoms with Gasteiger partial charge in [-0.1, -0.05) is 21.6 Å². The summed E-state index contributed by atoms with van der Waals surface area (Å²) in [6.07, 6.45) is 0.216. The van der Waals surface area contributed by atoms with Crippen LogP contribution < -0.4 is 0 Å². The van der Waals surface area contributed by atoms with Crippen molar-refractivity contribution in [1.82, 2.24) is 0 Å². The van der Waals surface area contributed by atoms with Crippen LogP contribution in [0.15, 0.2) is 0 Å². The van der Waals surface area contributed by atoms with E-state index in [0.717, 1.165) is 0 Å². The number of hydrogen-bond donors (Lipinski definition) is 1. The Morgan fingerprint density at radius 1 is 1.55 bits per heavy atom. The molecule has 0 aromatic rings. The number of carbonyl (C=O) groups is 1. The van der Waals surface area contributed by atoms with Crippen molar-refractivity contribution in [3.05, 3.63) is 0 Å². The Labute approximate surface area is 74.3 Å². The maximum Gasteiger partial charge on any atom is 0.314 e. The van der Waals surface area contributed by atoms with E-state index in [4.69, 9.17) is 9.84 Å². The number of rotatable bonds is 6. The average molecular weight is 196 g/mol. The molecule has 0 saturated carbocycles. The molecule has 0 aromatic carbocycles. The Balaban J connectivity index is 2.97. The summed E-state index contributed by atoms with van der Waals surface area (Å²) < 4.78 is 5.17. The third-order valence-electron chi connectivity index (χ3n) is 0.715. The van der Waals surface area contributed by atoms with Crippen LogP contribution in [-0.2, 0) is 9.53 Å². The molecule has 0 atom stereocenters. The molecule has 0 aliphatic rings. The standard InChI is InChI=1S/C6H12O3S2/c1-5(2)9-4-11-10-3-6(7)8/h5H,3-4H2,1-2H3,(H,7,8). The summed E-state index contributed by atoms with van der Waals surface area (Å²) in [6, 6.07) is 0. The normalized spacial score (nSPS) is 10.5. The number of carboxylic acid groups (broad SMARTS) is 1. The highest BCUT2D eigenvalue weighted by Crippen LogP contribution is 2.20. The van der Waals surface area contributed by atoms with Crippen LogP contribution in [-0.4, -0.2) is 28.9 Å². The van der Waals surface area contributed by atoms with E-state index in [-0.39, 0.29) is 11.9 Å². The predicted molar refractivity (Wildman–Crippen MR) is 48.8 cm³/mol. The second-order valence-corrected chi connectivity index (χ2v) is 4.52. The zero-order chi connectivity index (χ0) is 8.69. The van der Waals surface area contributed by atoms with Crippen molar-refractivity contribution in [3.8, 4) is 0 Å². The average Bonchev–Trinajstić information content (AvgIpc) is 1.85. The van der Waals surface area contributed by atoms with Gasteiger partial charge in [0.1, 0.15) is 11.7 Å². The van der Waals surface area contributed by atoms with Crippen LogP contribution in [0.1, 0.15) is 13.8 Å². The molecule has 0 spiro atoms. The summed E-state index contributed by atoms with van der Waals surface area (Å²) in [7, 11) is 2.72. The number of carboxylic acids is 1. The molecule has 0 unspecified atom stereocenters. The van der Waals surface area contributed by atoms with Crippen molar-refractivity contribution in [1.29, 1.82) is 0 Å². The van der Waals surface area contributed by atoms with E-state index >= 15 is 0 Å². The van der Waals surface area contributed by atoms with Crippen LogP contribution >= 0.6 is 21.6 Å². The van der Waals surface area contributed by atoms with E-state index in [1.807, 2.05) is 13.8 Å². The van der Waals surface area contributed by atoms with Gasteiger partial charge in [-0.25, -0.2) is 0 Å². The molecule has 0 radical (unpaired) electrons. The van der Waals surface area contributed by atoms with Gasteiger partial charge in [0, 0.05) is 0 Å². The van der Waals surface area contributed by atoms with Gasteiger partial charge in [-0.15, -0.1) is 0 Å². The van der Waals surface area contributed by atoms with Crippen LogP contribution in [0.2, 0.25) is 0 Å². The van der Waals surface area contributed by atoms with E-state index in [2.05, 4.69) is 0 Å². The maximum atomic E-state index is 10.0. The Bertz CT molecular complexity index is 116. The van der Waals surface area contributed by atoms with Crippen LogP contribution in [0.3, 0.4) is 0 Å². The first-order valence-corrected chi connectivity index (χ1v) is 5.69. The zero-order valence-corrected chi connectivity index (χ0v) is 8.20. The first-order valence-electron chi connectivity index (χ1n) is 3.20. The van der Waals surface area contributed by atoms with Crippen molar-refractivity contribution < 1.29 is 14.6 Å². The molecule has 66 valence electrons. The quantitative estimate of drug-likeness (QED) is 0.399. The van der Waals surface area contributed by atoms with Gasteiger partial charge in [0.05, 0.1) is 6.10 Å². The largest absolute Gasteiger partial charge is 0.481 e. The monoisotopic (exact) mass is 196 g/mol.